The van der Waals surface area contributed by atoms with Gasteiger partial charge in [0.2, 0.25) is 0 Å². The first-order chi connectivity index (χ1) is 12.8. The van der Waals surface area contributed by atoms with E-state index in [1.54, 1.807) is 7.11 Å². The van der Waals surface area contributed by atoms with Crippen molar-refractivity contribution in [3.05, 3.63) is 71.8 Å². The lowest BCUT2D eigenvalue weighted by molar-refractivity contribution is -0.339. The summed E-state index contributed by atoms with van der Waals surface area (Å²) in [5.41, 5.74) is 2.14. The van der Waals surface area contributed by atoms with E-state index >= 15 is 0 Å². The minimum Gasteiger partial charge on any atom is -0.371 e. The number of rotatable bonds is 5. The molecule has 5 atom stereocenters. The van der Waals surface area contributed by atoms with Gasteiger partial charge in [-0.25, -0.2) is 0 Å². The molecule has 5 heteroatoms. The van der Waals surface area contributed by atoms with Crippen LogP contribution in [0.4, 0.5) is 0 Å². The molecule has 2 aromatic rings. The van der Waals surface area contributed by atoms with Crippen molar-refractivity contribution in [1.82, 2.24) is 0 Å². The van der Waals surface area contributed by atoms with E-state index in [0.717, 1.165) is 11.1 Å². The molecule has 2 aromatic carbocycles. The van der Waals surface area contributed by atoms with E-state index in [2.05, 4.69) is 12.1 Å². The normalized spacial score (nSPS) is 31.3. The highest BCUT2D eigenvalue weighted by Gasteiger charge is 2.45. The highest BCUT2D eigenvalue weighted by molar-refractivity contribution is 5.17. The number of hydrogen-bond acceptors (Lipinski definition) is 5. The largest absolute Gasteiger partial charge is 0.371 e. The van der Waals surface area contributed by atoms with Gasteiger partial charge in [-0.2, -0.15) is 0 Å². The van der Waals surface area contributed by atoms with Gasteiger partial charge < -0.3 is 23.7 Å². The van der Waals surface area contributed by atoms with E-state index in [1.165, 1.54) is 0 Å². The molecule has 2 fully saturated rings. The summed E-state index contributed by atoms with van der Waals surface area (Å²) in [5, 5.41) is 0. The van der Waals surface area contributed by atoms with E-state index < -0.39 is 6.29 Å². The van der Waals surface area contributed by atoms with E-state index in [-0.39, 0.29) is 24.6 Å². The number of methoxy groups -OCH3 is 1. The van der Waals surface area contributed by atoms with Gasteiger partial charge in [0.1, 0.15) is 12.2 Å². The Morgan fingerprint density at radius 1 is 0.962 bits per heavy atom. The summed E-state index contributed by atoms with van der Waals surface area (Å²) < 4.78 is 29.7. The first-order valence-electron chi connectivity index (χ1n) is 8.99. The zero-order chi connectivity index (χ0) is 17.8. The molecule has 2 aliphatic heterocycles. The standard InChI is InChI=1S/C21H24O5/c1-22-19-12-17(23-13-15-8-4-2-5-9-15)20-18(25-19)14-24-21(26-20)16-10-6-3-7-11-16/h2-11,17-21H,12-14H2,1H3/t17-,18-,19-,20-,21-/m0/s1. The van der Waals surface area contributed by atoms with Gasteiger partial charge in [-0.3, -0.25) is 0 Å². The summed E-state index contributed by atoms with van der Waals surface area (Å²) in [4.78, 5) is 0. The van der Waals surface area contributed by atoms with E-state index in [0.29, 0.717) is 19.6 Å². The van der Waals surface area contributed by atoms with Crippen LogP contribution in [0.1, 0.15) is 23.8 Å². The van der Waals surface area contributed by atoms with E-state index in [9.17, 15) is 0 Å². The van der Waals surface area contributed by atoms with Gasteiger partial charge in [0.05, 0.1) is 19.3 Å². The maximum atomic E-state index is 6.24. The average Bonchev–Trinajstić information content (AvgIpc) is 2.72. The number of benzene rings is 2. The Bertz CT molecular complexity index is 677. The topological polar surface area (TPSA) is 46.2 Å². The van der Waals surface area contributed by atoms with Crippen LogP contribution in [0.25, 0.3) is 0 Å². The Hall–Kier alpha value is -1.76. The molecule has 5 nitrogen and oxygen atoms in total. The first kappa shape index (κ1) is 17.6. The Kier molecular flexibility index (Phi) is 5.62. The second kappa shape index (κ2) is 8.29. The summed E-state index contributed by atoms with van der Waals surface area (Å²) >= 11 is 0. The number of ether oxygens (including phenoxy) is 5. The van der Waals surface area contributed by atoms with Crippen LogP contribution in [-0.4, -0.2) is 38.3 Å². The summed E-state index contributed by atoms with van der Waals surface area (Å²) in [5.74, 6) is 0. The second-order valence-corrected chi connectivity index (χ2v) is 6.59. The van der Waals surface area contributed by atoms with Crippen molar-refractivity contribution in [2.45, 2.75) is 43.9 Å². The van der Waals surface area contributed by atoms with Crippen LogP contribution < -0.4 is 0 Å². The molecule has 0 radical (unpaired) electrons. The van der Waals surface area contributed by atoms with Gasteiger partial charge in [0.15, 0.2) is 12.6 Å². The van der Waals surface area contributed by atoms with Crippen molar-refractivity contribution in [3.63, 3.8) is 0 Å². The molecule has 4 rings (SSSR count). The van der Waals surface area contributed by atoms with Gasteiger partial charge in [-0.15, -0.1) is 0 Å². The zero-order valence-electron chi connectivity index (χ0n) is 14.8. The Morgan fingerprint density at radius 2 is 1.69 bits per heavy atom. The Labute approximate surface area is 153 Å². The fraction of sp³-hybridized carbons (Fsp3) is 0.429. The molecule has 0 unspecified atom stereocenters. The zero-order valence-corrected chi connectivity index (χ0v) is 14.8. The van der Waals surface area contributed by atoms with Crippen LogP contribution in [0.5, 0.6) is 0 Å². The fourth-order valence-corrected chi connectivity index (χ4v) is 3.44. The summed E-state index contributed by atoms with van der Waals surface area (Å²) in [6.45, 7) is 0.987. The first-order valence-corrected chi connectivity index (χ1v) is 8.99. The Balaban J connectivity index is 1.47. The second-order valence-electron chi connectivity index (χ2n) is 6.59. The molecule has 0 saturated carbocycles. The lowest BCUT2D eigenvalue weighted by atomic mass is 10.00. The van der Waals surface area contributed by atoms with Gasteiger partial charge in [0.25, 0.3) is 0 Å². The van der Waals surface area contributed by atoms with Crippen molar-refractivity contribution < 1.29 is 23.7 Å². The molecule has 0 aliphatic carbocycles. The van der Waals surface area contributed by atoms with Crippen LogP contribution in [0, 0.1) is 0 Å². The van der Waals surface area contributed by atoms with Gasteiger partial charge >= 0.3 is 0 Å². The van der Waals surface area contributed by atoms with Crippen LogP contribution in [-0.2, 0) is 30.3 Å². The molecule has 2 heterocycles. The Morgan fingerprint density at radius 3 is 2.42 bits per heavy atom. The highest BCUT2D eigenvalue weighted by Crippen LogP contribution is 2.35. The average molecular weight is 356 g/mol. The minimum atomic E-state index is -0.400. The molecular weight excluding hydrogens is 332 g/mol. The molecule has 0 N–H and O–H groups in total. The monoisotopic (exact) mass is 356 g/mol. The molecule has 0 bridgehead atoms. The smallest absolute Gasteiger partial charge is 0.184 e. The molecule has 0 spiro atoms. The van der Waals surface area contributed by atoms with Crippen LogP contribution >= 0.6 is 0 Å². The summed E-state index contributed by atoms with van der Waals surface area (Å²) in [6, 6.07) is 20.1. The third kappa shape index (κ3) is 3.98. The van der Waals surface area contributed by atoms with E-state index in [4.69, 9.17) is 23.7 Å². The predicted octanol–water partition coefficient (Wildman–Crippen LogP) is 3.45. The van der Waals surface area contributed by atoms with Gasteiger partial charge in [-0.05, 0) is 5.56 Å². The number of fused-ring (bicyclic) bond motifs is 1. The van der Waals surface area contributed by atoms with Crippen molar-refractivity contribution in [1.29, 1.82) is 0 Å². The summed E-state index contributed by atoms with van der Waals surface area (Å²) in [6.07, 6.45) is -0.584. The van der Waals surface area contributed by atoms with Crippen molar-refractivity contribution in [3.8, 4) is 0 Å². The maximum Gasteiger partial charge on any atom is 0.184 e. The predicted molar refractivity (Wildman–Crippen MR) is 95.3 cm³/mol. The van der Waals surface area contributed by atoms with Crippen LogP contribution in [0.15, 0.2) is 60.7 Å². The molecule has 2 saturated heterocycles. The molecule has 0 aromatic heterocycles. The molecule has 0 amide bonds. The molecular formula is C21H24O5. The van der Waals surface area contributed by atoms with Crippen LogP contribution in [0.3, 0.4) is 0 Å². The van der Waals surface area contributed by atoms with Crippen molar-refractivity contribution in [2.24, 2.45) is 0 Å². The third-order valence-corrected chi connectivity index (χ3v) is 4.82. The summed E-state index contributed by atoms with van der Waals surface area (Å²) in [7, 11) is 1.65. The SMILES string of the molecule is CO[C@@H]1C[C@H](OCc2ccccc2)[C@@H]2O[C@@H](c3ccccc3)OC[C@@H]2O1. The molecule has 138 valence electrons. The van der Waals surface area contributed by atoms with Gasteiger partial charge in [-0.1, -0.05) is 60.7 Å². The number of hydrogen-bond donors (Lipinski definition) is 0. The minimum absolute atomic E-state index is 0.117. The maximum absolute atomic E-state index is 6.24. The van der Waals surface area contributed by atoms with Gasteiger partial charge in [0, 0.05) is 19.1 Å². The molecule has 26 heavy (non-hydrogen) atoms. The van der Waals surface area contributed by atoms with Crippen molar-refractivity contribution >= 4 is 0 Å². The van der Waals surface area contributed by atoms with E-state index in [1.807, 2.05) is 48.5 Å². The van der Waals surface area contributed by atoms with Crippen LogP contribution in [0.2, 0.25) is 0 Å². The molecule has 2 aliphatic rings. The lowest BCUT2D eigenvalue weighted by Crippen LogP contribution is -2.55. The lowest BCUT2D eigenvalue weighted by Gasteiger charge is -2.45. The quantitative estimate of drug-likeness (QED) is 0.821. The fourth-order valence-electron chi connectivity index (χ4n) is 3.44. The van der Waals surface area contributed by atoms with Crippen molar-refractivity contribution in [2.75, 3.05) is 13.7 Å². The third-order valence-electron chi connectivity index (χ3n) is 4.82. The highest BCUT2D eigenvalue weighted by atomic mass is 16.7.